The average molecular weight is 229 g/mol. The molecule has 2 heterocycles. The molecule has 0 aliphatic rings. The first-order valence-corrected chi connectivity index (χ1v) is 6.15. The van der Waals surface area contributed by atoms with E-state index in [1.807, 2.05) is 35.9 Å². The van der Waals surface area contributed by atoms with Crippen LogP contribution in [-0.4, -0.2) is 4.98 Å². The Balaban J connectivity index is 2.28. The lowest BCUT2D eigenvalue weighted by Crippen LogP contribution is -1.76. The van der Waals surface area contributed by atoms with Crippen molar-refractivity contribution >= 4 is 23.5 Å². The smallest absolute Gasteiger partial charge is 0.0305 e. The summed E-state index contributed by atoms with van der Waals surface area (Å²) in [6, 6.07) is 4.03. The number of aryl methyl sites for hydroxylation is 1. The Bertz CT molecular complexity index is 509. The molecule has 0 fully saturated rings. The summed E-state index contributed by atoms with van der Waals surface area (Å²) in [5.41, 5.74) is 4.00. The first-order valence-electron chi connectivity index (χ1n) is 5.33. The van der Waals surface area contributed by atoms with E-state index in [9.17, 15) is 0 Å². The lowest BCUT2D eigenvalue weighted by atomic mass is 10.1. The summed E-state index contributed by atoms with van der Waals surface area (Å²) in [5, 5.41) is 0. The van der Waals surface area contributed by atoms with Gasteiger partial charge in [0.25, 0.3) is 0 Å². The van der Waals surface area contributed by atoms with Crippen LogP contribution in [0, 0.1) is 20.8 Å². The summed E-state index contributed by atoms with van der Waals surface area (Å²) in [5.74, 6) is 0. The fourth-order valence-electron chi connectivity index (χ4n) is 1.57. The zero-order valence-electron chi connectivity index (χ0n) is 9.82. The van der Waals surface area contributed by atoms with E-state index in [4.69, 9.17) is 0 Å². The Morgan fingerprint density at radius 1 is 1.00 bits per heavy atom. The fourth-order valence-corrected chi connectivity index (χ4v) is 2.65. The summed E-state index contributed by atoms with van der Waals surface area (Å²) in [6.45, 7) is 6.55. The van der Waals surface area contributed by atoms with E-state index < -0.39 is 0 Å². The van der Waals surface area contributed by atoms with Crippen LogP contribution in [0.2, 0.25) is 0 Å². The maximum absolute atomic E-state index is 4.00. The molecule has 2 rings (SSSR count). The lowest BCUT2D eigenvalue weighted by Gasteiger charge is -1.93. The number of rotatable bonds is 2. The maximum Gasteiger partial charge on any atom is 0.0305 e. The fraction of sp³-hybridized carbons (Fsp3) is 0.214. The molecule has 0 bridgehead atoms. The van der Waals surface area contributed by atoms with Gasteiger partial charge in [-0.2, -0.15) is 0 Å². The molecule has 0 radical (unpaired) electrons. The maximum atomic E-state index is 4.00. The van der Waals surface area contributed by atoms with Gasteiger partial charge in [-0.05, 0) is 55.7 Å². The zero-order chi connectivity index (χ0) is 11.5. The van der Waals surface area contributed by atoms with E-state index in [2.05, 4.69) is 37.9 Å². The van der Waals surface area contributed by atoms with Gasteiger partial charge in [-0.25, -0.2) is 0 Å². The second-order valence-electron chi connectivity index (χ2n) is 3.89. The van der Waals surface area contributed by atoms with E-state index in [1.54, 1.807) is 0 Å². The Hall–Kier alpha value is -1.41. The van der Waals surface area contributed by atoms with Gasteiger partial charge in [-0.1, -0.05) is 6.08 Å². The molecule has 82 valence electrons. The monoisotopic (exact) mass is 229 g/mol. The van der Waals surface area contributed by atoms with Crippen molar-refractivity contribution in [3.8, 4) is 0 Å². The minimum atomic E-state index is 1.19. The molecule has 0 spiro atoms. The van der Waals surface area contributed by atoms with E-state index in [0.29, 0.717) is 0 Å². The van der Waals surface area contributed by atoms with Gasteiger partial charge < -0.3 is 0 Å². The third-order valence-corrected chi connectivity index (χ3v) is 4.13. The Morgan fingerprint density at radius 2 is 1.69 bits per heavy atom. The van der Waals surface area contributed by atoms with Crippen molar-refractivity contribution in [2.75, 3.05) is 0 Å². The van der Waals surface area contributed by atoms with Crippen molar-refractivity contribution in [1.82, 2.24) is 4.98 Å². The van der Waals surface area contributed by atoms with Crippen LogP contribution in [0.5, 0.6) is 0 Å². The molecule has 0 saturated heterocycles. The van der Waals surface area contributed by atoms with E-state index in [-0.39, 0.29) is 0 Å². The molecule has 2 heteroatoms. The average Bonchev–Trinajstić information content (AvgIpc) is 2.56. The molecule has 1 nitrogen and oxygen atoms in total. The van der Waals surface area contributed by atoms with Gasteiger partial charge >= 0.3 is 0 Å². The number of thiophene rings is 1. The molecule has 16 heavy (non-hydrogen) atoms. The van der Waals surface area contributed by atoms with Crippen molar-refractivity contribution in [3.05, 3.63) is 51.0 Å². The molecule has 0 aromatic carbocycles. The molecule has 0 N–H and O–H groups in total. The highest BCUT2D eigenvalue weighted by Crippen LogP contribution is 2.28. The highest BCUT2D eigenvalue weighted by Gasteiger charge is 2.04. The molecular weight excluding hydrogens is 214 g/mol. The highest BCUT2D eigenvalue weighted by atomic mass is 32.1. The standard InChI is InChI=1S/C14H15NS/c1-10-11(2)14(16-12(10)3)5-4-13-6-8-15-9-7-13/h4-9H,1-3H3. The topological polar surface area (TPSA) is 12.9 Å². The van der Waals surface area contributed by atoms with Gasteiger partial charge in [0.1, 0.15) is 0 Å². The quantitative estimate of drug-likeness (QED) is 0.750. The molecule has 0 saturated carbocycles. The predicted molar refractivity (Wildman–Crippen MR) is 71.7 cm³/mol. The summed E-state index contributed by atoms with van der Waals surface area (Å²) in [6.07, 6.45) is 7.96. The number of pyridine rings is 1. The SMILES string of the molecule is Cc1sc(C=Cc2ccncc2)c(C)c1C. The van der Waals surface area contributed by atoms with Crippen molar-refractivity contribution in [3.63, 3.8) is 0 Å². The van der Waals surface area contributed by atoms with Crippen LogP contribution in [0.15, 0.2) is 24.5 Å². The largest absolute Gasteiger partial charge is 0.265 e. The highest BCUT2D eigenvalue weighted by molar-refractivity contribution is 7.13. The van der Waals surface area contributed by atoms with Crippen LogP contribution < -0.4 is 0 Å². The van der Waals surface area contributed by atoms with Gasteiger partial charge in [-0.3, -0.25) is 4.98 Å². The molecule has 0 aliphatic heterocycles. The normalized spacial score (nSPS) is 11.2. The summed E-state index contributed by atoms with van der Waals surface area (Å²) < 4.78 is 0. The third kappa shape index (κ3) is 2.22. The molecule has 2 aromatic heterocycles. The van der Waals surface area contributed by atoms with Gasteiger partial charge in [0, 0.05) is 22.1 Å². The molecule has 0 aliphatic carbocycles. The second kappa shape index (κ2) is 4.62. The molecule has 2 aromatic rings. The van der Waals surface area contributed by atoms with Crippen LogP contribution in [0.4, 0.5) is 0 Å². The van der Waals surface area contributed by atoms with E-state index >= 15 is 0 Å². The molecular formula is C14H15NS. The van der Waals surface area contributed by atoms with Crippen LogP contribution in [0.25, 0.3) is 12.2 Å². The van der Waals surface area contributed by atoms with Crippen LogP contribution >= 0.6 is 11.3 Å². The predicted octanol–water partition coefficient (Wildman–Crippen LogP) is 4.24. The number of hydrogen-bond acceptors (Lipinski definition) is 2. The first kappa shape index (κ1) is 11.1. The van der Waals surface area contributed by atoms with Crippen molar-refractivity contribution < 1.29 is 0 Å². The van der Waals surface area contributed by atoms with Gasteiger partial charge in [0.2, 0.25) is 0 Å². The van der Waals surface area contributed by atoms with Crippen LogP contribution in [0.3, 0.4) is 0 Å². The Labute approximate surface area is 100 Å². The molecule has 0 amide bonds. The first-order chi connectivity index (χ1) is 7.68. The molecule has 0 unspecified atom stereocenters. The van der Waals surface area contributed by atoms with Gasteiger partial charge in [0.05, 0.1) is 0 Å². The summed E-state index contributed by atoms with van der Waals surface area (Å²) >= 11 is 1.86. The third-order valence-electron chi connectivity index (χ3n) is 2.86. The van der Waals surface area contributed by atoms with Crippen LogP contribution in [0.1, 0.15) is 26.4 Å². The number of nitrogens with zero attached hydrogens (tertiary/aromatic N) is 1. The number of hydrogen-bond donors (Lipinski definition) is 0. The Kier molecular flexibility index (Phi) is 3.20. The minimum absolute atomic E-state index is 1.19. The van der Waals surface area contributed by atoms with Crippen molar-refractivity contribution in [2.24, 2.45) is 0 Å². The molecule has 0 atom stereocenters. The summed E-state index contributed by atoms with van der Waals surface area (Å²) in [4.78, 5) is 6.77. The van der Waals surface area contributed by atoms with E-state index in [1.165, 1.54) is 26.4 Å². The zero-order valence-corrected chi connectivity index (χ0v) is 10.6. The van der Waals surface area contributed by atoms with Gasteiger partial charge in [0.15, 0.2) is 0 Å². The lowest BCUT2D eigenvalue weighted by molar-refractivity contribution is 1.32. The van der Waals surface area contributed by atoms with Gasteiger partial charge in [-0.15, -0.1) is 11.3 Å². The van der Waals surface area contributed by atoms with Crippen molar-refractivity contribution in [1.29, 1.82) is 0 Å². The number of aromatic nitrogens is 1. The van der Waals surface area contributed by atoms with Crippen molar-refractivity contribution in [2.45, 2.75) is 20.8 Å². The minimum Gasteiger partial charge on any atom is -0.265 e. The summed E-state index contributed by atoms with van der Waals surface area (Å²) in [7, 11) is 0. The Morgan fingerprint density at radius 3 is 2.25 bits per heavy atom. The second-order valence-corrected chi connectivity index (χ2v) is 5.14. The van der Waals surface area contributed by atoms with E-state index in [0.717, 1.165) is 0 Å². The van der Waals surface area contributed by atoms with Crippen LogP contribution in [-0.2, 0) is 0 Å².